The molecule has 1 fully saturated rings. The molecule has 0 aliphatic heterocycles. The number of carbonyl (C=O) groups is 2. The van der Waals surface area contributed by atoms with E-state index in [1.54, 1.807) is 23.1 Å². The summed E-state index contributed by atoms with van der Waals surface area (Å²) in [5.74, 6) is -0.284. The molecule has 0 spiro atoms. The molecule has 2 N–H and O–H groups in total. The summed E-state index contributed by atoms with van der Waals surface area (Å²) in [4.78, 5) is 33.3. The maximum Gasteiger partial charge on any atom is 0.416 e. The van der Waals surface area contributed by atoms with E-state index in [9.17, 15) is 22.8 Å². The van der Waals surface area contributed by atoms with Gasteiger partial charge in [0.15, 0.2) is 0 Å². The van der Waals surface area contributed by atoms with Crippen LogP contribution in [0.1, 0.15) is 35.1 Å². The molecule has 10 heteroatoms. The minimum absolute atomic E-state index is 0.0543. The fourth-order valence-electron chi connectivity index (χ4n) is 4.77. The van der Waals surface area contributed by atoms with Gasteiger partial charge in [0.25, 0.3) is 0 Å². The number of halogens is 4. The SMILES string of the molecule is Cc1ccc(NC(=O)N(CC(=O)N(CCc2c[nH]c3ccccc23)Cc2ccc(C(F)(F)F)cc2)C2CC2)cc1Cl. The monoisotopic (exact) mass is 582 g/mol. The first-order valence-electron chi connectivity index (χ1n) is 13.4. The largest absolute Gasteiger partial charge is 0.416 e. The van der Waals surface area contributed by atoms with E-state index >= 15 is 0 Å². The molecule has 1 heterocycles. The Bertz CT molecular complexity index is 1550. The molecule has 6 nitrogen and oxygen atoms in total. The molecule has 1 aliphatic carbocycles. The van der Waals surface area contributed by atoms with E-state index in [2.05, 4.69) is 10.3 Å². The van der Waals surface area contributed by atoms with Crippen LogP contribution in [-0.4, -0.2) is 45.9 Å². The molecule has 0 bridgehead atoms. The van der Waals surface area contributed by atoms with Gasteiger partial charge in [0, 0.05) is 46.9 Å². The van der Waals surface area contributed by atoms with E-state index in [1.807, 2.05) is 37.4 Å². The number of aryl methyl sites for hydroxylation is 1. The molecule has 4 aromatic rings. The van der Waals surface area contributed by atoms with Crippen molar-refractivity contribution in [1.29, 1.82) is 0 Å². The third-order valence-electron chi connectivity index (χ3n) is 7.31. The zero-order valence-corrected chi connectivity index (χ0v) is 23.2. The number of benzene rings is 3. The molecule has 3 aromatic carbocycles. The number of rotatable bonds is 9. The van der Waals surface area contributed by atoms with Gasteiger partial charge in [-0.1, -0.05) is 48.0 Å². The number of hydrogen-bond acceptors (Lipinski definition) is 2. The molecule has 0 saturated heterocycles. The number of anilines is 1. The lowest BCUT2D eigenvalue weighted by Gasteiger charge is -2.28. The Morgan fingerprint density at radius 3 is 2.46 bits per heavy atom. The van der Waals surface area contributed by atoms with Gasteiger partial charge in [-0.2, -0.15) is 13.2 Å². The first kappa shape index (κ1) is 28.5. The Hall–Kier alpha value is -3.98. The van der Waals surface area contributed by atoms with Crippen molar-refractivity contribution >= 4 is 40.1 Å². The van der Waals surface area contributed by atoms with E-state index < -0.39 is 17.8 Å². The minimum atomic E-state index is -4.44. The summed E-state index contributed by atoms with van der Waals surface area (Å²) >= 11 is 6.21. The second-order valence-corrected chi connectivity index (χ2v) is 10.8. The van der Waals surface area contributed by atoms with Crippen molar-refractivity contribution in [2.24, 2.45) is 0 Å². The number of hydrogen-bond donors (Lipinski definition) is 2. The smallest absolute Gasteiger partial charge is 0.361 e. The lowest BCUT2D eigenvalue weighted by molar-refractivity contribution is -0.137. The number of alkyl halides is 3. The third-order valence-corrected chi connectivity index (χ3v) is 7.72. The summed E-state index contributed by atoms with van der Waals surface area (Å²) in [6.07, 6.45) is -0.410. The van der Waals surface area contributed by atoms with E-state index in [-0.39, 0.29) is 25.0 Å². The summed E-state index contributed by atoms with van der Waals surface area (Å²) < 4.78 is 39.3. The van der Waals surface area contributed by atoms with Crippen LogP contribution in [0.4, 0.5) is 23.7 Å². The van der Waals surface area contributed by atoms with Gasteiger partial charge in [-0.3, -0.25) is 4.79 Å². The van der Waals surface area contributed by atoms with Gasteiger partial charge in [0.2, 0.25) is 5.91 Å². The van der Waals surface area contributed by atoms with E-state index in [0.29, 0.717) is 29.2 Å². The molecule has 214 valence electrons. The highest BCUT2D eigenvalue weighted by molar-refractivity contribution is 6.31. The Morgan fingerprint density at radius 1 is 1.05 bits per heavy atom. The van der Waals surface area contributed by atoms with E-state index in [0.717, 1.165) is 47.0 Å². The standard InChI is InChI=1S/C31H30ClF3N4O2/c1-20-6-11-24(16-27(20)32)37-30(41)39(25-12-13-25)19-29(40)38(18-21-7-9-23(10-8-21)31(33,34)35)15-14-22-17-36-28-5-3-2-4-26(22)28/h2-11,16-17,25,36H,12-15,18-19H2,1H3,(H,37,41). The average molecular weight is 583 g/mol. The number of urea groups is 1. The Morgan fingerprint density at radius 2 is 1.78 bits per heavy atom. The number of fused-ring (bicyclic) bond motifs is 1. The fraction of sp³-hybridized carbons (Fsp3) is 0.290. The van der Waals surface area contributed by atoms with Crippen molar-refractivity contribution in [3.8, 4) is 0 Å². The van der Waals surface area contributed by atoms with Crippen LogP contribution in [0.25, 0.3) is 10.9 Å². The van der Waals surface area contributed by atoms with Crippen LogP contribution in [0.15, 0.2) is 72.9 Å². The van der Waals surface area contributed by atoms with Crippen LogP contribution in [0.2, 0.25) is 5.02 Å². The highest BCUT2D eigenvalue weighted by Gasteiger charge is 2.35. The maximum absolute atomic E-state index is 13.7. The number of H-pyrrole nitrogens is 1. The summed E-state index contributed by atoms with van der Waals surface area (Å²) in [6.45, 7) is 2.16. The van der Waals surface area contributed by atoms with Crippen molar-refractivity contribution in [3.63, 3.8) is 0 Å². The van der Waals surface area contributed by atoms with Gasteiger partial charge >= 0.3 is 12.2 Å². The predicted molar refractivity (Wildman–Crippen MR) is 154 cm³/mol. The van der Waals surface area contributed by atoms with Crippen molar-refractivity contribution in [2.75, 3.05) is 18.4 Å². The number of carbonyl (C=O) groups excluding carboxylic acids is 2. The van der Waals surface area contributed by atoms with Gasteiger partial charge < -0.3 is 20.1 Å². The molecule has 3 amide bonds. The molecule has 1 saturated carbocycles. The first-order valence-corrected chi connectivity index (χ1v) is 13.8. The highest BCUT2D eigenvalue weighted by atomic mass is 35.5. The molecule has 0 atom stereocenters. The van der Waals surface area contributed by atoms with Gasteiger partial charge in [0.05, 0.1) is 5.56 Å². The first-order chi connectivity index (χ1) is 19.6. The van der Waals surface area contributed by atoms with Crippen LogP contribution < -0.4 is 5.32 Å². The molecule has 1 aliphatic rings. The molecule has 0 unspecified atom stereocenters. The maximum atomic E-state index is 13.7. The number of nitrogens with one attached hydrogen (secondary N) is 2. The Balaban J connectivity index is 1.33. The number of nitrogens with zero attached hydrogens (tertiary/aromatic N) is 2. The Labute approximate surface area is 241 Å². The van der Waals surface area contributed by atoms with Gasteiger partial charge in [-0.15, -0.1) is 0 Å². The van der Waals surface area contributed by atoms with Crippen molar-refractivity contribution < 1.29 is 22.8 Å². The third kappa shape index (κ3) is 7.03. The second kappa shape index (κ2) is 11.9. The zero-order valence-electron chi connectivity index (χ0n) is 22.5. The number of aromatic nitrogens is 1. The van der Waals surface area contributed by atoms with Gasteiger partial charge in [0.1, 0.15) is 6.54 Å². The molecule has 1 aromatic heterocycles. The van der Waals surface area contributed by atoms with Gasteiger partial charge in [-0.05, 0) is 73.2 Å². The second-order valence-electron chi connectivity index (χ2n) is 10.4. The van der Waals surface area contributed by atoms with Crippen molar-refractivity contribution in [2.45, 2.75) is 44.9 Å². The average Bonchev–Trinajstić information content (AvgIpc) is 3.70. The van der Waals surface area contributed by atoms with Crippen molar-refractivity contribution in [1.82, 2.24) is 14.8 Å². The van der Waals surface area contributed by atoms with Gasteiger partial charge in [-0.25, -0.2) is 4.79 Å². The number of para-hydroxylation sites is 1. The van der Waals surface area contributed by atoms with E-state index in [1.165, 1.54) is 17.0 Å². The molecule has 41 heavy (non-hydrogen) atoms. The summed E-state index contributed by atoms with van der Waals surface area (Å²) in [5, 5.41) is 4.41. The summed E-state index contributed by atoms with van der Waals surface area (Å²) in [6, 6.07) is 17.4. The minimum Gasteiger partial charge on any atom is -0.361 e. The number of aromatic amines is 1. The fourth-order valence-corrected chi connectivity index (χ4v) is 4.95. The molecule has 5 rings (SSSR count). The van der Waals surface area contributed by atoms with Crippen LogP contribution in [0.3, 0.4) is 0 Å². The zero-order chi connectivity index (χ0) is 29.1. The van der Waals surface area contributed by atoms with Crippen molar-refractivity contribution in [3.05, 3.63) is 100 Å². The summed E-state index contributed by atoms with van der Waals surface area (Å²) in [7, 11) is 0. The quantitative estimate of drug-likeness (QED) is 0.216. The molecular weight excluding hydrogens is 553 g/mol. The van der Waals surface area contributed by atoms with Crippen LogP contribution in [-0.2, 0) is 23.9 Å². The lowest BCUT2D eigenvalue weighted by atomic mass is 10.1. The number of amides is 3. The Kier molecular flexibility index (Phi) is 8.26. The summed E-state index contributed by atoms with van der Waals surface area (Å²) in [5.41, 5.74) is 3.25. The normalized spacial score (nSPS) is 13.3. The van der Waals surface area contributed by atoms with E-state index in [4.69, 9.17) is 11.6 Å². The van der Waals surface area contributed by atoms with Crippen LogP contribution >= 0.6 is 11.6 Å². The lowest BCUT2D eigenvalue weighted by Crippen LogP contribution is -2.45. The predicted octanol–water partition coefficient (Wildman–Crippen LogP) is 7.42. The van der Waals surface area contributed by atoms with Crippen LogP contribution in [0.5, 0.6) is 0 Å². The molecular formula is C31H30ClF3N4O2. The van der Waals surface area contributed by atoms with Crippen LogP contribution in [0, 0.1) is 6.92 Å². The topological polar surface area (TPSA) is 68.4 Å². The molecule has 0 radical (unpaired) electrons. The highest BCUT2D eigenvalue weighted by Crippen LogP contribution is 2.30.